The quantitative estimate of drug-likeness (QED) is 0.621. The summed E-state index contributed by atoms with van der Waals surface area (Å²) in [4.78, 5) is 12.3. The third kappa shape index (κ3) is 4.34. The van der Waals surface area contributed by atoms with E-state index >= 15 is 0 Å². The minimum absolute atomic E-state index is 0.0318. The van der Waals surface area contributed by atoms with Crippen LogP contribution in [0.5, 0.6) is 11.5 Å². The molecular formula is C17H16FN5O3S. The molecule has 0 bridgehead atoms. The number of carbonyl (C=O) groups is 1. The number of rotatable bonds is 7. The van der Waals surface area contributed by atoms with Gasteiger partial charge in [-0.1, -0.05) is 23.9 Å². The molecule has 1 amide bonds. The molecule has 0 aliphatic heterocycles. The van der Waals surface area contributed by atoms with E-state index < -0.39 is 5.82 Å². The molecule has 0 saturated heterocycles. The Hall–Kier alpha value is -3.14. The monoisotopic (exact) mass is 389 g/mol. The van der Waals surface area contributed by atoms with Crippen molar-refractivity contribution in [2.75, 3.05) is 25.3 Å². The molecule has 2 aromatic carbocycles. The van der Waals surface area contributed by atoms with E-state index in [-0.39, 0.29) is 17.3 Å². The van der Waals surface area contributed by atoms with E-state index in [4.69, 9.17) is 9.47 Å². The number of methoxy groups -OCH3 is 2. The zero-order chi connectivity index (χ0) is 19.2. The Bertz CT molecular complexity index is 950. The van der Waals surface area contributed by atoms with E-state index in [9.17, 15) is 9.18 Å². The Balaban J connectivity index is 1.68. The van der Waals surface area contributed by atoms with Gasteiger partial charge < -0.3 is 14.8 Å². The molecule has 10 heteroatoms. The first-order valence-electron chi connectivity index (χ1n) is 7.80. The maximum absolute atomic E-state index is 13.9. The Labute approximate surface area is 158 Å². The van der Waals surface area contributed by atoms with Crippen molar-refractivity contribution in [2.45, 2.75) is 5.16 Å². The number of hydrogen-bond donors (Lipinski definition) is 1. The normalized spacial score (nSPS) is 10.5. The van der Waals surface area contributed by atoms with Crippen LogP contribution in [0.1, 0.15) is 0 Å². The first kappa shape index (κ1) is 18.6. The van der Waals surface area contributed by atoms with Gasteiger partial charge in [0.25, 0.3) is 0 Å². The second-order valence-corrected chi connectivity index (χ2v) is 6.17. The van der Waals surface area contributed by atoms with Crippen molar-refractivity contribution < 1.29 is 18.7 Å². The minimum atomic E-state index is -0.459. The number of anilines is 1. The van der Waals surface area contributed by atoms with Crippen molar-refractivity contribution in [3.63, 3.8) is 0 Å². The number of carbonyl (C=O) groups excluding carboxylic acids is 1. The van der Waals surface area contributed by atoms with Gasteiger partial charge in [0.2, 0.25) is 11.1 Å². The summed E-state index contributed by atoms with van der Waals surface area (Å²) in [5.74, 6) is 0.377. The molecule has 0 unspecified atom stereocenters. The van der Waals surface area contributed by atoms with Gasteiger partial charge in [-0.05, 0) is 34.7 Å². The fourth-order valence-electron chi connectivity index (χ4n) is 2.26. The van der Waals surface area contributed by atoms with Crippen molar-refractivity contribution in [1.29, 1.82) is 0 Å². The van der Waals surface area contributed by atoms with E-state index in [0.717, 1.165) is 11.8 Å². The summed E-state index contributed by atoms with van der Waals surface area (Å²) in [6.45, 7) is 0. The Morgan fingerprint density at radius 3 is 2.78 bits per heavy atom. The van der Waals surface area contributed by atoms with E-state index in [2.05, 4.69) is 20.8 Å². The van der Waals surface area contributed by atoms with Gasteiger partial charge >= 0.3 is 0 Å². The third-order valence-corrected chi connectivity index (χ3v) is 4.46. The summed E-state index contributed by atoms with van der Waals surface area (Å²) < 4.78 is 25.6. The second kappa shape index (κ2) is 8.49. The van der Waals surface area contributed by atoms with Gasteiger partial charge in [-0.25, -0.2) is 4.39 Å². The highest BCUT2D eigenvalue weighted by atomic mass is 32.2. The molecule has 0 spiro atoms. The van der Waals surface area contributed by atoms with Crippen LogP contribution in [0.25, 0.3) is 5.69 Å². The topological polar surface area (TPSA) is 91.2 Å². The average Bonchev–Trinajstić information content (AvgIpc) is 3.15. The number of hydrogen-bond acceptors (Lipinski definition) is 7. The summed E-state index contributed by atoms with van der Waals surface area (Å²) in [5, 5.41) is 14.2. The third-order valence-electron chi connectivity index (χ3n) is 3.54. The number of ether oxygens (including phenoxy) is 2. The first-order valence-corrected chi connectivity index (χ1v) is 8.79. The van der Waals surface area contributed by atoms with Crippen molar-refractivity contribution >= 4 is 23.4 Å². The standard InChI is InChI=1S/C17H16FN5O3S/c1-25-11-7-8-13(15(9-11)26-2)19-16(24)10-27-17-20-21-22-23(17)14-6-4-3-5-12(14)18/h3-9H,10H2,1-2H3,(H,19,24). The van der Waals surface area contributed by atoms with Crippen LogP contribution < -0.4 is 14.8 Å². The van der Waals surface area contributed by atoms with Crippen LogP contribution in [-0.2, 0) is 4.79 Å². The van der Waals surface area contributed by atoms with Crippen molar-refractivity contribution in [2.24, 2.45) is 0 Å². The molecule has 0 aliphatic carbocycles. The number of halogens is 1. The molecular weight excluding hydrogens is 373 g/mol. The van der Waals surface area contributed by atoms with Gasteiger partial charge in [0.15, 0.2) is 0 Å². The van der Waals surface area contributed by atoms with Crippen LogP contribution in [0.2, 0.25) is 0 Å². The van der Waals surface area contributed by atoms with E-state index in [1.165, 1.54) is 17.9 Å². The molecule has 1 aromatic heterocycles. The number of nitrogens with one attached hydrogen (secondary N) is 1. The minimum Gasteiger partial charge on any atom is -0.497 e. The number of benzene rings is 2. The SMILES string of the molecule is COc1ccc(NC(=O)CSc2nnnn2-c2ccccc2F)c(OC)c1. The molecule has 0 atom stereocenters. The Morgan fingerprint density at radius 1 is 1.22 bits per heavy atom. The molecule has 8 nitrogen and oxygen atoms in total. The lowest BCUT2D eigenvalue weighted by molar-refractivity contribution is -0.113. The first-order chi connectivity index (χ1) is 13.1. The van der Waals surface area contributed by atoms with Gasteiger partial charge in [0.1, 0.15) is 23.0 Å². The average molecular weight is 389 g/mol. The molecule has 0 radical (unpaired) electrons. The number of para-hydroxylation sites is 1. The van der Waals surface area contributed by atoms with Gasteiger partial charge in [0, 0.05) is 6.07 Å². The highest BCUT2D eigenvalue weighted by molar-refractivity contribution is 7.99. The number of tetrazole rings is 1. The molecule has 3 aromatic rings. The summed E-state index contributed by atoms with van der Waals surface area (Å²) in [6.07, 6.45) is 0. The lowest BCUT2D eigenvalue weighted by Crippen LogP contribution is -2.15. The maximum Gasteiger partial charge on any atom is 0.234 e. The van der Waals surface area contributed by atoms with Crippen LogP contribution in [0.4, 0.5) is 10.1 Å². The van der Waals surface area contributed by atoms with Crippen LogP contribution in [-0.4, -0.2) is 46.1 Å². The second-order valence-electron chi connectivity index (χ2n) is 5.23. The van der Waals surface area contributed by atoms with Crippen molar-refractivity contribution in [3.8, 4) is 17.2 Å². The zero-order valence-electron chi connectivity index (χ0n) is 14.5. The molecule has 0 aliphatic rings. The van der Waals surface area contributed by atoms with E-state index in [1.54, 1.807) is 43.5 Å². The summed E-state index contributed by atoms with van der Waals surface area (Å²) in [7, 11) is 3.05. The number of aromatic nitrogens is 4. The molecule has 140 valence electrons. The predicted octanol–water partition coefficient (Wildman–Crippen LogP) is 2.55. The molecule has 27 heavy (non-hydrogen) atoms. The summed E-state index contributed by atoms with van der Waals surface area (Å²) >= 11 is 1.09. The lowest BCUT2D eigenvalue weighted by atomic mass is 10.2. The van der Waals surface area contributed by atoms with Gasteiger partial charge in [-0.15, -0.1) is 5.10 Å². The number of nitrogens with zero attached hydrogens (tertiary/aromatic N) is 4. The fraction of sp³-hybridized carbons (Fsp3) is 0.176. The van der Waals surface area contributed by atoms with Gasteiger partial charge in [0.05, 0.1) is 25.7 Å². The predicted molar refractivity (Wildman–Crippen MR) is 98.0 cm³/mol. The Morgan fingerprint density at radius 2 is 2.04 bits per heavy atom. The molecule has 0 fully saturated rings. The van der Waals surface area contributed by atoms with Gasteiger partial charge in [-0.2, -0.15) is 4.68 Å². The largest absolute Gasteiger partial charge is 0.497 e. The fourth-order valence-corrected chi connectivity index (χ4v) is 2.95. The smallest absolute Gasteiger partial charge is 0.234 e. The van der Waals surface area contributed by atoms with E-state index in [1.807, 2.05) is 0 Å². The number of thioether (sulfide) groups is 1. The lowest BCUT2D eigenvalue weighted by Gasteiger charge is -2.11. The summed E-state index contributed by atoms with van der Waals surface area (Å²) in [6, 6.07) is 11.2. The molecule has 3 rings (SSSR count). The Kier molecular flexibility index (Phi) is 5.87. The van der Waals surface area contributed by atoms with E-state index in [0.29, 0.717) is 22.3 Å². The maximum atomic E-state index is 13.9. The number of amides is 1. The molecule has 0 saturated carbocycles. The highest BCUT2D eigenvalue weighted by Crippen LogP contribution is 2.29. The van der Waals surface area contributed by atoms with Crippen LogP contribution in [0.3, 0.4) is 0 Å². The molecule has 1 N–H and O–H groups in total. The zero-order valence-corrected chi connectivity index (χ0v) is 15.4. The summed E-state index contributed by atoms with van der Waals surface area (Å²) in [5.41, 5.74) is 0.722. The van der Waals surface area contributed by atoms with Crippen molar-refractivity contribution in [1.82, 2.24) is 20.2 Å². The van der Waals surface area contributed by atoms with Crippen LogP contribution in [0.15, 0.2) is 47.6 Å². The van der Waals surface area contributed by atoms with Crippen molar-refractivity contribution in [3.05, 3.63) is 48.3 Å². The van der Waals surface area contributed by atoms with Crippen LogP contribution in [0, 0.1) is 5.82 Å². The molecule has 1 heterocycles. The van der Waals surface area contributed by atoms with Crippen LogP contribution >= 0.6 is 11.8 Å². The van der Waals surface area contributed by atoms with Gasteiger partial charge in [-0.3, -0.25) is 4.79 Å². The highest BCUT2D eigenvalue weighted by Gasteiger charge is 2.15.